The SMILES string of the molecule is CCNC(=NCc1cccc(O)c1)NC1CCN(CCOC(C)C)CC1.I. The van der Waals surface area contributed by atoms with Crippen molar-refractivity contribution in [3.63, 3.8) is 0 Å². The molecule has 3 N–H and O–H groups in total. The number of hydrogen-bond donors (Lipinski definition) is 3. The highest BCUT2D eigenvalue weighted by Gasteiger charge is 2.19. The van der Waals surface area contributed by atoms with Crippen LogP contribution in [0, 0.1) is 0 Å². The van der Waals surface area contributed by atoms with Gasteiger partial charge in [-0.05, 0) is 51.3 Å². The minimum Gasteiger partial charge on any atom is -0.508 e. The quantitative estimate of drug-likeness (QED) is 0.297. The lowest BCUT2D eigenvalue weighted by molar-refractivity contribution is 0.0532. The van der Waals surface area contributed by atoms with E-state index in [0.29, 0.717) is 18.7 Å². The smallest absolute Gasteiger partial charge is 0.191 e. The van der Waals surface area contributed by atoms with Crippen LogP contribution in [-0.2, 0) is 11.3 Å². The van der Waals surface area contributed by atoms with Gasteiger partial charge in [0.1, 0.15) is 5.75 Å². The fourth-order valence-electron chi connectivity index (χ4n) is 3.06. The number of rotatable bonds is 8. The van der Waals surface area contributed by atoms with Crippen LogP contribution in [0.2, 0.25) is 0 Å². The molecule has 0 spiro atoms. The number of likely N-dealkylation sites (tertiary alicyclic amines) is 1. The Hall–Kier alpha value is -1.06. The van der Waals surface area contributed by atoms with Gasteiger partial charge in [-0.25, -0.2) is 4.99 Å². The zero-order valence-corrected chi connectivity index (χ0v) is 19.1. The standard InChI is InChI=1S/C20H34N4O2.HI/c1-4-21-20(22-15-17-6-5-7-19(25)14-17)23-18-8-10-24(11-9-18)12-13-26-16(2)3;/h5-7,14,16,18,25H,4,8-13,15H2,1-3H3,(H2,21,22,23);1H. The molecule has 1 fully saturated rings. The number of phenolic OH excluding ortho intramolecular Hbond substituents is 1. The number of nitrogens with zero attached hydrogens (tertiary/aromatic N) is 2. The monoisotopic (exact) mass is 490 g/mol. The lowest BCUT2D eigenvalue weighted by Crippen LogP contribution is -2.49. The summed E-state index contributed by atoms with van der Waals surface area (Å²) in [7, 11) is 0. The lowest BCUT2D eigenvalue weighted by Gasteiger charge is -2.33. The van der Waals surface area contributed by atoms with Crippen molar-refractivity contribution < 1.29 is 9.84 Å². The summed E-state index contributed by atoms with van der Waals surface area (Å²) in [6.45, 7) is 11.6. The van der Waals surface area contributed by atoms with Gasteiger partial charge in [-0.15, -0.1) is 24.0 Å². The van der Waals surface area contributed by atoms with E-state index in [-0.39, 0.29) is 29.7 Å². The van der Waals surface area contributed by atoms with Crippen LogP contribution >= 0.6 is 24.0 Å². The first-order valence-corrected chi connectivity index (χ1v) is 9.73. The first kappa shape index (κ1) is 24.0. The third-order valence-electron chi connectivity index (χ3n) is 4.46. The van der Waals surface area contributed by atoms with Crippen molar-refractivity contribution in [3.05, 3.63) is 29.8 Å². The van der Waals surface area contributed by atoms with E-state index < -0.39 is 0 Å². The fraction of sp³-hybridized carbons (Fsp3) is 0.650. The molecule has 1 aliphatic heterocycles. The highest BCUT2D eigenvalue weighted by molar-refractivity contribution is 14.0. The van der Waals surface area contributed by atoms with Crippen LogP contribution < -0.4 is 10.6 Å². The van der Waals surface area contributed by atoms with Crippen molar-refractivity contribution in [2.45, 2.75) is 52.3 Å². The largest absolute Gasteiger partial charge is 0.508 e. The summed E-state index contributed by atoms with van der Waals surface area (Å²) in [5.74, 6) is 1.13. The van der Waals surface area contributed by atoms with Crippen LogP contribution in [0.4, 0.5) is 0 Å². The Bertz CT molecular complexity index is 561. The van der Waals surface area contributed by atoms with Gasteiger partial charge in [-0.1, -0.05) is 12.1 Å². The predicted octanol–water partition coefficient (Wildman–Crippen LogP) is 2.95. The number of ether oxygens (including phenoxy) is 1. The Morgan fingerprint density at radius 1 is 1.33 bits per heavy atom. The zero-order valence-electron chi connectivity index (χ0n) is 16.8. The Kier molecular flexibility index (Phi) is 11.7. The van der Waals surface area contributed by atoms with Crippen LogP contribution in [0.25, 0.3) is 0 Å². The van der Waals surface area contributed by atoms with E-state index in [2.05, 4.69) is 41.3 Å². The van der Waals surface area contributed by atoms with Gasteiger partial charge in [-0.2, -0.15) is 0 Å². The third-order valence-corrected chi connectivity index (χ3v) is 4.46. The zero-order chi connectivity index (χ0) is 18.8. The van der Waals surface area contributed by atoms with Gasteiger partial charge >= 0.3 is 0 Å². The summed E-state index contributed by atoms with van der Waals surface area (Å²) >= 11 is 0. The second kappa shape index (κ2) is 13.2. The van der Waals surface area contributed by atoms with Crippen molar-refractivity contribution in [1.29, 1.82) is 0 Å². The number of piperidine rings is 1. The molecule has 1 saturated heterocycles. The second-order valence-corrected chi connectivity index (χ2v) is 7.04. The summed E-state index contributed by atoms with van der Waals surface area (Å²) in [5, 5.41) is 16.4. The van der Waals surface area contributed by atoms with Crippen LogP contribution in [0.15, 0.2) is 29.3 Å². The average Bonchev–Trinajstić information content (AvgIpc) is 2.61. The number of aromatic hydroxyl groups is 1. The Morgan fingerprint density at radius 3 is 2.70 bits per heavy atom. The maximum atomic E-state index is 9.57. The van der Waals surface area contributed by atoms with Gasteiger partial charge in [0.25, 0.3) is 0 Å². The Labute approximate surface area is 180 Å². The highest BCUT2D eigenvalue weighted by Crippen LogP contribution is 2.12. The average molecular weight is 490 g/mol. The maximum Gasteiger partial charge on any atom is 0.191 e. The van der Waals surface area contributed by atoms with E-state index in [0.717, 1.165) is 57.2 Å². The molecule has 0 atom stereocenters. The van der Waals surface area contributed by atoms with E-state index >= 15 is 0 Å². The van der Waals surface area contributed by atoms with Gasteiger partial charge in [0.15, 0.2) is 5.96 Å². The molecule has 0 radical (unpaired) electrons. The molecular weight excluding hydrogens is 455 g/mol. The van der Waals surface area contributed by atoms with Gasteiger partial charge in [0.2, 0.25) is 0 Å². The van der Waals surface area contributed by atoms with Crippen molar-refractivity contribution >= 4 is 29.9 Å². The fourth-order valence-corrected chi connectivity index (χ4v) is 3.06. The Balaban J connectivity index is 0.00000364. The first-order valence-electron chi connectivity index (χ1n) is 9.73. The van der Waals surface area contributed by atoms with Crippen LogP contribution in [-0.4, -0.2) is 60.9 Å². The summed E-state index contributed by atoms with van der Waals surface area (Å²) in [6, 6.07) is 7.70. The molecule has 1 aromatic carbocycles. The number of guanidine groups is 1. The molecule has 0 aromatic heterocycles. The molecule has 1 aliphatic rings. The molecule has 0 unspecified atom stereocenters. The van der Waals surface area contributed by atoms with Gasteiger partial charge < -0.3 is 25.4 Å². The van der Waals surface area contributed by atoms with E-state index in [4.69, 9.17) is 4.74 Å². The van der Waals surface area contributed by atoms with E-state index in [1.54, 1.807) is 12.1 Å². The predicted molar refractivity (Wildman–Crippen MR) is 122 cm³/mol. The lowest BCUT2D eigenvalue weighted by atomic mass is 10.1. The third kappa shape index (κ3) is 9.62. The molecule has 0 saturated carbocycles. The molecule has 154 valence electrons. The minimum absolute atomic E-state index is 0. The second-order valence-electron chi connectivity index (χ2n) is 7.04. The van der Waals surface area contributed by atoms with Gasteiger partial charge in [-0.3, -0.25) is 0 Å². The molecule has 0 amide bonds. The van der Waals surface area contributed by atoms with Crippen LogP contribution in [0.3, 0.4) is 0 Å². The van der Waals surface area contributed by atoms with Crippen LogP contribution in [0.5, 0.6) is 5.75 Å². The number of nitrogens with one attached hydrogen (secondary N) is 2. The normalized spacial score (nSPS) is 16.2. The molecule has 0 bridgehead atoms. The van der Waals surface area contributed by atoms with Crippen molar-refractivity contribution in [3.8, 4) is 5.75 Å². The van der Waals surface area contributed by atoms with Gasteiger partial charge in [0.05, 0.1) is 19.3 Å². The highest BCUT2D eigenvalue weighted by atomic mass is 127. The molecule has 2 rings (SSSR count). The Morgan fingerprint density at radius 2 is 2.07 bits per heavy atom. The van der Waals surface area contributed by atoms with Gasteiger partial charge in [0, 0.05) is 32.2 Å². The van der Waals surface area contributed by atoms with E-state index in [1.807, 2.05) is 12.1 Å². The number of phenols is 1. The molecule has 1 heterocycles. The van der Waals surface area contributed by atoms with E-state index in [1.165, 1.54) is 0 Å². The van der Waals surface area contributed by atoms with Crippen molar-refractivity contribution in [1.82, 2.24) is 15.5 Å². The summed E-state index contributed by atoms with van der Waals surface area (Å²) in [4.78, 5) is 7.13. The first-order chi connectivity index (χ1) is 12.6. The molecule has 6 nitrogen and oxygen atoms in total. The molecule has 1 aromatic rings. The summed E-state index contributed by atoms with van der Waals surface area (Å²) < 4.78 is 5.65. The molecular formula is C20H35IN4O2. The van der Waals surface area contributed by atoms with Crippen molar-refractivity contribution in [2.75, 3.05) is 32.8 Å². The number of halogens is 1. The van der Waals surface area contributed by atoms with Crippen LogP contribution in [0.1, 0.15) is 39.2 Å². The maximum absolute atomic E-state index is 9.57. The molecule has 7 heteroatoms. The summed E-state index contributed by atoms with van der Waals surface area (Å²) in [5.41, 5.74) is 1.00. The van der Waals surface area contributed by atoms with E-state index in [9.17, 15) is 5.11 Å². The number of benzene rings is 1. The topological polar surface area (TPSA) is 69.1 Å². The number of hydrogen-bond acceptors (Lipinski definition) is 4. The minimum atomic E-state index is 0. The number of aliphatic imine (C=N–C) groups is 1. The summed E-state index contributed by atoms with van der Waals surface area (Å²) in [6.07, 6.45) is 2.52. The molecule has 0 aliphatic carbocycles. The molecule has 27 heavy (non-hydrogen) atoms. The van der Waals surface area contributed by atoms with Crippen molar-refractivity contribution in [2.24, 2.45) is 4.99 Å².